The molecule has 7 nitrogen and oxygen atoms in total. The van der Waals surface area contributed by atoms with E-state index in [9.17, 15) is 14.4 Å². The van der Waals surface area contributed by atoms with Crippen molar-refractivity contribution in [1.82, 2.24) is 4.90 Å². The Bertz CT molecular complexity index is 1110. The molecule has 0 bridgehead atoms. The summed E-state index contributed by atoms with van der Waals surface area (Å²) in [6.07, 6.45) is 1.63. The first kappa shape index (κ1) is 25.1. The third kappa shape index (κ3) is 5.89. The Balaban J connectivity index is 1.79. The van der Waals surface area contributed by atoms with Gasteiger partial charge in [0.15, 0.2) is 11.5 Å². The fourth-order valence-corrected chi connectivity index (χ4v) is 4.96. The maximum absolute atomic E-state index is 12.9. The number of carbonyl (C=O) groups is 3. The average Bonchev–Trinajstić information content (AvgIpc) is 3.01. The summed E-state index contributed by atoms with van der Waals surface area (Å²) >= 11 is 2.96. The summed E-state index contributed by atoms with van der Waals surface area (Å²) in [6, 6.07) is 9.31. The van der Waals surface area contributed by atoms with Crippen molar-refractivity contribution in [2.75, 3.05) is 25.1 Å². The number of benzene rings is 2. The summed E-state index contributed by atoms with van der Waals surface area (Å²) in [5.41, 5.74) is 3.22. The molecule has 2 aromatic rings. The van der Waals surface area contributed by atoms with Crippen molar-refractivity contribution < 1.29 is 23.9 Å². The SMILES string of the molecule is CCOc1cc(/C=C2/SC(=O)N(CC(=O)Nc3c(C)cccc3C)C2=O)cc(I)c1OCC. The van der Waals surface area contributed by atoms with Crippen LogP contribution in [0.4, 0.5) is 10.5 Å². The number of carbonyl (C=O) groups excluding carboxylic acids is 3. The summed E-state index contributed by atoms with van der Waals surface area (Å²) in [6.45, 7) is 8.17. The lowest BCUT2D eigenvalue weighted by atomic mass is 10.1. The number of imide groups is 1. The molecule has 1 aliphatic heterocycles. The highest BCUT2D eigenvalue weighted by molar-refractivity contribution is 14.1. The third-order valence-electron chi connectivity index (χ3n) is 4.84. The van der Waals surface area contributed by atoms with E-state index in [2.05, 4.69) is 27.9 Å². The summed E-state index contributed by atoms with van der Waals surface area (Å²) < 4.78 is 12.2. The Kier molecular flexibility index (Phi) is 8.41. The zero-order chi connectivity index (χ0) is 24.1. The molecule has 0 aliphatic carbocycles. The summed E-state index contributed by atoms with van der Waals surface area (Å²) in [7, 11) is 0. The highest BCUT2D eigenvalue weighted by atomic mass is 127. The molecule has 3 amide bonds. The molecule has 0 radical (unpaired) electrons. The Morgan fingerprint density at radius 1 is 1.12 bits per heavy atom. The van der Waals surface area contributed by atoms with Crippen molar-refractivity contribution in [3.8, 4) is 11.5 Å². The number of thioether (sulfide) groups is 1. The van der Waals surface area contributed by atoms with Crippen molar-refractivity contribution in [1.29, 1.82) is 0 Å². The van der Waals surface area contributed by atoms with Crippen LogP contribution in [0.25, 0.3) is 6.08 Å². The van der Waals surface area contributed by atoms with Gasteiger partial charge in [-0.1, -0.05) is 18.2 Å². The van der Waals surface area contributed by atoms with Crippen LogP contribution >= 0.6 is 34.4 Å². The van der Waals surface area contributed by atoms with E-state index < -0.39 is 17.1 Å². The molecule has 3 rings (SSSR count). The number of anilines is 1. The fourth-order valence-electron chi connectivity index (χ4n) is 3.34. The van der Waals surface area contributed by atoms with Crippen LogP contribution in [0.1, 0.15) is 30.5 Å². The van der Waals surface area contributed by atoms with E-state index in [1.807, 2.05) is 52.0 Å². The second-order valence-corrected chi connectivity index (χ2v) is 9.43. The first-order valence-corrected chi connectivity index (χ1v) is 12.3. The van der Waals surface area contributed by atoms with Gasteiger partial charge in [0.1, 0.15) is 6.54 Å². The standard InChI is InChI=1S/C24H25IN2O5S/c1-5-31-18-11-16(10-17(25)22(18)32-6-2)12-19-23(29)27(24(30)33-19)13-20(28)26-21-14(3)8-7-9-15(21)4/h7-12H,5-6,13H2,1-4H3,(H,26,28)/b19-12+. The van der Waals surface area contributed by atoms with E-state index in [4.69, 9.17) is 9.47 Å². The number of para-hydroxylation sites is 1. The number of hydrogen-bond donors (Lipinski definition) is 1. The molecule has 1 fully saturated rings. The topological polar surface area (TPSA) is 84.9 Å². The number of aryl methyl sites for hydroxylation is 2. The van der Waals surface area contributed by atoms with Gasteiger partial charge in [0.25, 0.3) is 11.1 Å². The number of nitrogens with zero attached hydrogens (tertiary/aromatic N) is 1. The monoisotopic (exact) mass is 580 g/mol. The Morgan fingerprint density at radius 3 is 2.42 bits per heavy atom. The van der Waals surface area contributed by atoms with Crippen LogP contribution in [0.2, 0.25) is 0 Å². The zero-order valence-corrected chi connectivity index (χ0v) is 21.8. The number of halogens is 1. The Labute approximate surface area is 211 Å². The lowest BCUT2D eigenvalue weighted by Gasteiger charge is -2.15. The number of hydrogen-bond acceptors (Lipinski definition) is 6. The maximum Gasteiger partial charge on any atom is 0.294 e. The molecule has 1 N–H and O–H groups in total. The molecule has 9 heteroatoms. The molecule has 1 saturated heterocycles. The van der Waals surface area contributed by atoms with Crippen molar-refractivity contribution in [2.24, 2.45) is 0 Å². The normalized spacial score (nSPS) is 14.7. The van der Waals surface area contributed by atoms with Gasteiger partial charge in [-0.15, -0.1) is 0 Å². The van der Waals surface area contributed by atoms with E-state index in [0.717, 1.165) is 31.4 Å². The number of amides is 3. The molecule has 174 valence electrons. The molecule has 2 aromatic carbocycles. The zero-order valence-electron chi connectivity index (χ0n) is 18.9. The van der Waals surface area contributed by atoms with E-state index >= 15 is 0 Å². The van der Waals surface area contributed by atoms with Crippen LogP contribution in [-0.4, -0.2) is 41.7 Å². The van der Waals surface area contributed by atoms with Crippen LogP contribution in [0, 0.1) is 17.4 Å². The Morgan fingerprint density at radius 2 is 1.79 bits per heavy atom. The van der Waals surface area contributed by atoms with Crippen LogP contribution < -0.4 is 14.8 Å². The van der Waals surface area contributed by atoms with Crippen molar-refractivity contribution in [2.45, 2.75) is 27.7 Å². The van der Waals surface area contributed by atoms with Gasteiger partial charge in [-0.3, -0.25) is 19.3 Å². The van der Waals surface area contributed by atoms with Gasteiger partial charge >= 0.3 is 0 Å². The van der Waals surface area contributed by atoms with Gasteiger partial charge in [-0.05, 0) is 96.9 Å². The largest absolute Gasteiger partial charge is 0.490 e. The molecule has 0 atom stereocenters. The van der Waals surface area contributed by atoms with Crippen LogP contribution in [0.3, 0.4) is 0 Å². The molecular weight excluding hydrogens is 555 g/mol. The van der Waals surface area contributed by atoms with Gasteiger partial charge in [0.05, 0.1) is 21.7 Å². The molecule has 33 heavy (non-hydrogen) atoms. The van der Waals surface area contributed by atoms with Crippen molar-refractivity contribution in [3.05, 3.63) is 55.5 Å². The van der Waals surface area contributed by atoms with Gasteiger partial charge in [0, 0.05) is 5.69 Å². The number of ether oxygens (including phenoxy) is 2. The smallest absolute Gasteiger partial charge is 0.294 e. The van der Waals surface area contributed by atoms with E-state index in [0.29, 0.717) is 36.0 Å². The van der Waals surface area contributed by atoms with E-state index in [1.165, 1.54) is 0 Å². The van der Waals surface area contributed by atoms with Gasteiger partial charge in [-0.25, -0.2) is 0 Å². The van der Waals surface area contributed by atoms with Gasteiger partial charge in [-0.2, -0.15) is 0 Å². The van der Waals surface area contributed by atoms with Gasteiger partial charge < -0.3 is 14.8 Å². The van der Waals surface area contributed by atoms with E-state index in [1.54, 1.807) is 12.1 Å². The summed E-state index contributed by atoms with van der Waals surface area (Å²) in [4.78, 5) is 39.2. The van der Waals surface area contributed by atoms with Crippen LogP contribution in [-0.2, 0) is 9.59 Å². The maximum atomic E-state index is 12.9. The number of rotatable bonds is 8. The highest BCUT2D eigenvalue weighted by Crippen LogP contribution is 2.37. The second-order valence-electron chi connectivity index (χ2n) is 7.28. The van der Waals surface area contributed by atoms with Crippen LogP contribution in [0.15, 0.2) is 35.2 Å². The quantitative estimate of drug-likeness (QED) is 0.334. The van der Waals surface area contributed by atoms with Crippen LogP contribution in [0.5, 0.6) is 11.5 Å². The van der Waals surface area contributed by atoms with Crippen molar-refractivity contribution >= 4 is 63.2 Å². The molecule has 0 aromatic heterocycles. The second kappa shape index (κ2) is 11.1. The minimum atomic E-state index is -0.497. The molecule has 0 spiro atoms. The van der Waals surface area contributed by atoms with Gasteiger partial charge in [0.2, 0.25) is 5.91 Å². The first-order valence-electron chi connectivity index (χ1n) is 10.5. The molecule has 0 saturated carbocycles. The molecule has 0 unspecified atom stereocenters. The fraction of sp³-hybridized carbons (Fsp3) is 0.292. The minimum Gasteiger partial charge on any atom is -0.490 e. The lowest BCUT2D eigenvalue weighted by molar-refractivity contribution is -0.127. The lowest BCUT2D eigenvalue weighted by Crippen LogP contribution is -2.36. The number of nitrogens with one attached hydrogen (secondary N) is 1. The van der Waals surface area contributed by atoms with E-state index in [-0.39, 0.29) is 11.4 Å². The first-order chi connectivity index (χ1) is 15.7. The molecular formula is C24H25IN2O5S. The predicted molar refractivity (Wildman–Crippen MR) is 139 cm³/mol. The summed E-state index contributed by atoms with van der Waals surface area (Å²) in [5, 5.41) is 2.33. The van der Waals surface area contributed by atoms with Crippen molar-refractivity contribution in [3.63, 3.8) is 0 Å². The minimum absolute atomic E-state index is 0.252. The predicted octanol–water partition coefficient (Wildman–Crippen LogP) is 5.38. The Hall–Kier alpha value is -2.53. The molecule has 1 aliphatic rings. The average molecular weight is 580 g/mol. The highest BCUT2D eigenvalue weighted by Gasteiger charge is 2.36. The third-order valence-corrected chi connectivity index (χ3v) is 6.55. The molecule has 1 heterocycles. The summed E-state index contributed by atoms with van der Waals surface area (Å²) in [5.74, 6) is 0.298.